The van der Waals surface area contributed by atoms with Crippen molar-refractivity contribution in [3.05, 3.63) is 114 Å². The van der Waals surface area contributed by atoms with Crippen LogP contribution in [0.2, 0.25) is 0 Å². The quantitative estimate of drug-likeness (QED) is 0.119. The summed E-state index contributed by atoms with van der Waals surface area (Å²) < 4.78 is 40.3. The number of benzene rings is 4. The Labute approximate surface area is 304 Å². The summed E-state index contributed by atoms with van der Waals surface area (Å²) in [7, 11) is 3.27. The lowest BCUT2D eigenvalue weighted by molar-refractivity contribution is -0.121. The summed E-state index contributed by atoms with van der Waals surface area (Å²) in [5, 5.41) is 0. The Morgan fingerprint density at radius 1 is 0.808 bits per heavy atom. The third-order valence-corrected chi connectivity index (χ3v) is 9.15. The number of piperidine rings is 1. The molecule has 2 unspecified atom stereocenters. The first-order chi connectivity index (χ1) is 25.5. The highest BCUT2D eigenvalue weighted by Gasteiger charge is 2.34. The fraction of sp³-hybridized carbons (Fsp3) is 0.366. The fourth-order valence-corrected chi connectivity index (χ4v) is 6.42. The van der Waals surface area contributed by atoms with Gasteiger partial charge < -0.3 is 43.0 Å². The second kappa shape index (κ2) is 18.3. The summed E-state index contributed by atoms with van der Waals surface area (Å²) in [6.07, 6.45) is 0.725. The lowest BCUT2D eigenvalue weighted by atomic mass is 9.87. The van der Waals surface area contributed by atoms with Crippen LogP contribution in [-0.4, -0.2) is 83.3 Å². The van der Waals surface area contributed by atoms with Crippen molar-refractivity contribution in [3.63, 3.8) is 0 Å². The van der Waals surface area contributed by atoms with Gasteiger partial charge in [0.15, 0.2) is 6.61 Å². The van der Waals surface area contributed by atoms with Crippen LogP contribution in [-0.2, 0) is 32.2 Å². The molecule has 1 fully saturated rings. The zero-order valence-corrected chi connectivity index (χ0v) is 29.7. The van der Waals surface area contributed by atoms with Gasteiger partial charge in [-0.25, -0.2) is 4.79 Å². The monoisotopic (exact) mass is 710 g/mol. The van der Waals surface area contributed by atoms with Crippen LogP contribution in [0.4, 0.5) is 10.5 Å². The van der Waals surface area contributed by atoms with Gasteiger partial charge in [-0.2, -0.15) is 0 Å². The number of hydrogen-bond donors (Lipinski definition) is 0. The molecular weight excluding hydrogens is 664 g/mol. The highest BCUT2D eigenvalue weighted by molar-refractivity contribution is 5.97. The molecule has 4 aromatic carbocycles. The van der Waals surface area contributed by atoms with Gasteiger partial charge in [-0.1, -0.05) is 54.6 Å². The molecule has 0 aromatic heterocycles. The number of amides is 2. The molecule has 2 aliphatic heterocycles. The van der Waals surface area contributed by atoms with Crippen LogP contribution in [0.1, 0.15) is 35.4 Å². The fourth-order valence-electron chi connectivity index (χ4n) is 6.42. The summed E-state index contributed by atoms with van der Waals surface area (Å²) in [5.41, 5.74) is 3.65. The van der Waals surface area contributed by atoms with Crippen LogP contribution in [0, 0.1) is 0 Å². The minimum atomic E-state index is -0.369. The molecule has 11 heteroatoms. The van der Waals surface area contributed by atoms with Crippen molar-refractivity contribution in [2.75, 3.05) is 65.2 Å². The summed E-state index contributed by atoms with van der Waals surface area (Å²) >= 11 is 0. The van der Waals surface area contributed by atoms with Crippen LogP contribution in [0.25, 0.3) is 0 Å². The van der Waals surface area contributed by atoms with E-state index in [1.807, 2.05) is 84.9 Å². The molecule has 274 valence electrons. The topological polar surface area (TPSA) is 105 Å². The highest BCUT2D eigenvalue weighted by atomic mass is 16.6. The van der Waals surface area contributed by atoms with E-state index in [1.54, 1.807) is 24.0 Å². The van der Waals surface area contributed by atoms with Crippen LogP contribution >= 0.6 is 0 Å². The molecule has 2 heterocycles. The van der Waals surface area contributed by atoms with Crippen molar-refractivity contribution in [2.45, 2.75) is 38.1 Å². The molecule has 1 saturated heterocycles. The van der Waals surface area contributed by atoms with E-state index in [2.05, 4.69) is 12.1 Å². The van der Waals surface area contributed by atoms with Crippen molar-refractivity contribution >= 4 is 17.7 Å². The van der Waals surface area contributed by atoms with E-state index in [4.69, 9.17) is 33.2 Å². The molecule has 52 heavy (non-hydrogen) atoms. The molecule has 0 radical (unpaired) electrons. The van der Waals surface area contributed by atoms with E-state index in [9.17, 15) is 9.59 Å². The summed E-state index contributed by atoms with van der Waals surface area (Å²) in [5.74, 6) is 2.79. The molecule has 0 N–H and O–H groups in total. The average Bonchev–Trinajstić information content (AvgIpc) is 3.19. The number of rotatable bonds is 16. The Morgan fingerprint density at radius 3 is 2.38 bits per heavy atom. The molecule has 11 nitrogen and oxygen atoms in total. The number of ether oxygens (including phenoxy) is 7. The van der Waals surface area contributed by atoms with Crippen LogP contribution < -0.4 is 23.8 Å². The van der Waals surface area contributed by atoms with Gasteiger partial charge in [0.2, 0.25) is 0 Å². The van der Waals surface area contributed by atoms with E-state index in [0.29, 0.717) is 58.0 Å². The first-order valence-corrected chi connectivity index (χ1v) is 17.6. The number of nitrogens with zero attached hydrogens (tertiary/aromatic N) is 2. The van der Waals surface area contributed by atoms with E-state index < -0.39 is 0 Å². The number of fused-ring (bicyclic) bond motifs is 1. The Bertz CT molecular complexity index is 1750. The van der Waals surface area contributed by atoms with Crippen LogP contribution in [0.3, 0.4) is 0 Å². The molecule has 0 spiro atoms. The molecule has 0 bridgehead atoms. The lowest BCUT2D eigenvalue weighted by Gasteiger charge is -2.38. The van der Waals surface area contributed by atoms with Crippen molar-refractivity contribution < 1.29 is 42.7 Å². The SMILES string of the molecule is COCCCN1C(=O)COc2ccc(COC3CN(C(=O)OCc4ccccc4)CCC3c3ccc(OCCOc4cccc(OC)c4)cc3)cc21. The molecule has 2 aliphatic rings. The molecule has 4 aromatic rings. The predicted octanol–water partition coefficient (Wildman–Crippen LogP) is 6.63. The van der Waals surface area contributed by atoms with Crippen LogP contribution in [0.5, 0.6) is 23.0 Å². The molecular formula is C41H46N2O9. The van der Waals surface area contributed by atoms with Gasteiger partial charge in [0, 0.05) is 38.8 Å². The summed E-state index contributed by atoms with van der Waals surface area (Å²) in [6.45, 7) is 3.26. The molecule has 0 saturated carbocycles. The third kappa shape index (κ3) is 9.74. The predicted molar refractivity (Wildman–Crippen MR) is 195 cm³/mol. The second-order valence-corrected chi connectivity index (χ2v) is 12.7. The average molecular weight is 711 g/mol. The van der Waals surface area contributed by atoms with Gasteiger partial charge in [-0.05, 0) is 65.9 Å². The van der Waals surface area contributed by atoms with Gasteiger partial charge in [0.05, 0.1) is 32.1 Å². The smallest absolute Gasteiger partial charge is 0.410 e. The highest BCUT2D eigenvalue weighted by Crippen LogP contribution is 2.35. The van der Waals surface area contributed by atoms with Crippen LogP contribution in [0.15, 0.2) is 97.1 Å². The summed E-state index contributed by atoms with van der Waals surface area (Å²) in [6, 6.07) is 30.9. The molecule has 2 amide bonds. The molecule has 2 atom stereocenters. The number of likely N-dealkylation sites (tertiary alicyclic amines) is 1. The normalized spacial score (nSPS) is 16.8. The Balaban J connectivity index is 1.11. The second-order valence-electron chi connectivity index (χ2n) is 12.7. The number of hydrogen-bond acceptors (Lipinski definition) is 9. The van der Waals surface area contributed by atoms with Crippen molar-refractivity contribution in [3.8, 4) is 23.0 Å². The maximum Gasteiger partial charge on any atom is 0.410 e. The maximum absolute atomic E-state index is 13.2. The lowest BCUT2D eigenvalue weighted by Crippen LogP contribution is -2.47. The van der Waals surface area contributed by atoms with Crippen molar-refractivity contribution in [2.24, 2.45) is 0 Å². The van der Waals surface area contributed by atoms with E-state index >= 15 is 0 Å². The number of methoxy groups -OCH3 is 2. The number of carbonyl (C=O) groups excluding carboxylic acids is 2. The van der Waals surface area contributed by atoms with Gasteiger partial charge in [-0.15, -0.1) is 0 Å². The minimum absolute atomic E-state index is 0.0106. The Morgan fingerprint density at radius 2 is 1.60 bits per heavy atom. The minimum Gasteiger partial charge on any atom is -0.497 e. The van der Waals surface area contributed by atoms with Crippen molar-refractivity contribution in [1.82, 2.24) is 4.90 Å². The molecule has 0 aliphatic carbocycles. The Hall–Kier alpha value is -5.26. The van der Waals surface area contributed by atoms with Gasteiger partial charge in [0.1, 0.15) is 42.8 Å². The van der Waals surface area contributed by atoms with Crippen molar-refractivity contribution in [1.29, 1.82) is 0 Å². The van der Waals surface area contributed by atoms with Gasteiger partial charge in [-0.3, -0.25) is 4.79 Å². The first kappa shape index (κ1) is 36.5. The molecule has 6 rings (SSSR count). The standard InChI is InChI=1S/C41H46N2O9/c1-46-21-7-19-43-37-24-31(12-17-38(37)51-29-40(43)44)28-50-39-26-42(41(45)52-27-30-8-4-3-5-9-30)20-18-36(39)32-13-15-33(16-14-32)48-22-23-49-35-11-6-10-34(25-35)47-2/h3-6,8-17,24-25,36,39H,7,18-23,26-29H2,1-2H3. The zero-order valence-electron chi connectivity index (χ0n) is 29.7. The first-order valence-electron chi connectivity index (χ1n) is 17.6. The van der Waals surface area contributed by atoms with Gasteiger partial charge >= 0.3 is 6.09 Å². The summed E-state index contributed by atoms with van der Waals surface area (Å²) in [4.78, 5) is 29.4. The maximum atomic E-state index is 13.2. The third-order valence-electron chi connectivity index (χ3n) is 9.15. The Kier molecular flexibility index (Phi) is 12.9. The van der Waals surface area contributed by atoms with E-state index in [-0.39, 0.29) is 43.8 Å². The van der Waals surface area contributed by atoms with Gasteiger partial charge in [0.25, 0.3) is 5.91 Å². The number of carbonyl (C=O) groups is 2. The van der Waals surface area contributed by atoms with E-state index in [0.717, 1.165) is 39.6 Å². The van der Waals surface area contributed by atoms with E-state index in [1.165, 1.54) is 0 Å². The largest absolute Gasteiger partial charge is 0.497 e. The zero-order chi connectivity index (χ0) is 36.1. The number of anilines is 1.